The second kappa shape index (κ2) is 5.51. The molecule has 0 aromatic heterocycles. The molecule has 0 amide bonds. The summed E-state index contributed by atoms with van der Waals surface area (Å²) in [4.78, 5) is 0.277. The van der Waals surface area contributed by atoms with Gasteiger partial charge in [0.2, 0.25) is 10.0 Å². The first-order chi connectivity index (χ1) is 8.53. The molecule has 0 fully saturated rings. The number of benzene rings is 1. The van der Waals surface area contributed by atoms with E-state index in [-0.39, 0.29) is 10.3 Å². The van der Waals surface area contributed by atoms with Gasteiger partial charge >= 0.3 is 0 Å². The highest BCUT2D eigenvalue weighted by Gasteiger charge is 2.19. The minimum atomic E-state index is -3.49. The van der Waals surface area contributed by atoms with Gasteiger partial charge < -0.3 is 5.73 Å². The van der Waals surface area contributed by atoms with Crippen LogP contribution in [0.15, 0.2) is 17.0 Å². The topological polar surface area (TPSA) is 72.2 Å². The van der Waals surface area contributed by atoms with Crippen molar-refractivity contribution in [1.29, 1.82) is 0 Å². The lowest BCUT2D eigenvalue weighted by atomic mass is 9.93. The van der Waals surface area contributed by atoms with Crippen molar-refractivity contribution in [3.63, 3.8) is 0 Å². The summed E-state index contributed by atoms with van der Waals surface area (Å²) in [7, 11) is -3.49. The van der Waals surface area contributed by atoms with Crippen LogP contribution in [0.1, 0.15) is 38.3 Å². The Morgan fingerprint density at radius 2 is 1.79 bits per heavy atom. The molecule has 0 aliphatic rings. The van der Waals surface area contributed by atoms with Crippen LogP contribution in [0, 0.1) is 19.3 Å². The minimum Gasteiger partial charge on any atom is -0.399 e. The molecule has 0 bridgehead atoms. The lowest BCUT2D eigenvalue weighted by Gasteiger charge is -2.18. The highest BCUT2D eigenvalue weighted by atomic mass is 32.2. The van der Waals surface area contributed by atoms with Crippen LogP contribution < -0.4 is 10.5 Å². The van der Waals surface area contributed by atoms with Crippen molar-refractivity contribution in [1.82, 2.24) is 4.72 Å². The zero-order valence-electron chi connectivity index (χ0n) is 12.4. The van der Waals surface area contributed by atoms with Gasteiger partial charge in [-0.15, -0.1) is 0 Å². The van der Waals surface area contributed by atoms with Crippen molar-refractivity contribution in [2.24, 2.45) is 5.41 Å². The molecule has 0 saturated heterocycles. The standard InChI is InChI=1S/C14H24N2O2S/c1-10-8-12(15)9-13(11(10)2)19(17,18)16-7-6-14(3,4)5/h8-9,16H,6-7,15H2,1-5H3. The fourth-order valence-electron chi connectivity index (χ4n) is 1.77. The Kier molecular flexibility index (Phi) is 4.63. The molecule has 0 aliphatic carbocycles. The molecule has 1 rings (SSSR count). The fraction of sp³-hybridized carbons (Fsp3) is 0.571. The molecule has 5 heteroatoms. The maximum absolute atomic E-state index is 12.3. The molecule has 108 valence electrons. The van der Waals surface area contributed by atoms with E-state index < -0.39 is 10.0 Å². The van der Waals surface area contributed by atoms with Crippen LogP contribution >= 0.6 is 0 Å². The highest BCUT2D eigenvalue weighted by Crippen LogP contribution is 2.23. The van der Waals surface area contributed by atoms with Crippen molar-refractivity contribution >= 4 is 15.7 Å². The Hall–Kier alpha value is -1.07. The van der Waals surface area contributed by atoms with Crippen LogP contribution in [0.3, 0.4) is 0 Å². The largest absolute Gasteiger partial charge is 0.399 e. The summed E-state index contributed by atoms with van der Waals surface area (Å²) >= 11 is 0. The number of nitrogens with two attached hydrogens (primary N) is 1. The van der Waals surface area contributed by atoms with Gasteiger partial charge in [-0.2, -0.15) is 0 Å². The molecular weight excluding hydrogens is 260 g/mol. The monoisotopic (exact) mass is 284 g/mol. The number of anilines is 1. The van der Waals surface area contributed by atoms with Gasteiger partial charge in [-0.25, -0.2) is 13.1 Å². The van der Waals surface area contributed by atoms with Gasteiger partial charge in [0, 0.05) is 12.2 Å². The summed E-state index contributed by atoms with van der Waals surface area (Å²) in [5, 5.41) is 0. The van der Waals surface area contributed by atoms with Crippen LogP contribution in [-0.4, -0.2) is 15.0 Å². The van der Waals surface area contributed by atoms with Gasteiger partial charge in [0.15, 0.2) is 0 Å². The Morgan fingerprint density at radius 3 is 2.32 bits per heavy atom. The third-order valence-electron chi connectivity index (χ3n) is 3.10. The van der Waals surface area contributed by atoms with Crippen LogP contribution in [0.25, 0.3) is 0 Å². The zero-order valence-corrected chi connectivity index (χ0v) is 13.2. The van der Waals surface area contributed by atoms with Crippen molar-refractivity contribution in [2.75, 3.05) is 12.3 Å². The summed E-state index contributed by atoms with van der Waals surface area (Å²) in [6.45, 7) is 10.3. The SMILES string of the molecule is Cc1cc(N)cc(S(=O)(=O)NCCC(C)(C)C)c1C. The van der Waals surface area contributed by atoms with Gasteiger partial charge in [0.25, 0.3) is 0 Å². The molecule has 0 heterocycles. The first-order valence-electron chi connectivity index (χ1n) is 6.39. The normalized spacial score (nSPS) is 12.7. The van der Waals surface area contributed by atoms with Gasteiger partial charge in [-0.1, -0.05) is 20.8 Å². The molecule has 0 spiro atoms. The number of nitrogens with one attached hydrogen (secondary N) is 1. The van der Waals surface area contributed by atoms with Gasteiger partial charge in [0.05, 0.1) is 4.90 Å². The maximum atomic E-state index is 12.3. The lowest BCUT2D eigenvalue weighted by Crippen LogP contribution is -2.28. The minimum absolute atomic E-state index is 0.100. The van der Waals surface area contributed by atoms with E-state index >= 15 is 0 Å². The number of hydrogen-bond acceptors (Lipinski definition) is 3. The van der Waals surface area contributed by atoms with E-state index in [1.165, 1.54) is 6.07 Å². The van der Waals surface area contributed by atoms with Crippen LogP contribution in [0.4, 0.5) is 5.69 Å². The molecule has 0 atom stereocenters. The van der Waals surface area contributed by atoms with Gasteiger partial charge in [0.1, 0.15) is 0 Å². The molecule has 4 nitrogen and oxygen atoms in total. The van der Waals surface area contributed by atoms with E-state index in [2.05, 4.69) is 25.5 Å². The van der Waals surface area contributed by atoms with E-state index in [1.807, 2.05) is 6.92 Å². The smallest absolute Gasteiger partial charge is 0.240 e. The molecular formula is C14H24N2O2S. The van der Waals surface area contributed by atoms with E-state index in [9.17, 15) is 8.42 Å². The average molecular weight is 284 g/mol. The Labute approximate surface area is 116 Å². The van der Waals surface area contributed by atoms with Gasteiger partial charge in [-0.05, 0) is 48.9 Å². The molecule has 1 aromatic carbocycles. The molecule has 0 radical (unpaired) electrons. The first-order valence-corrected chi connectivity index (χ1v) is 7.88. The van der Waals surface area contributed by atoms with E-state index in [1.54, 1.807) is 13.0 Å². The summed E-state index contributed by atoms with van der Waals surface area (Å²) in [6.07, 6.45) is 0.784. The molecule has 0 unspecified atom stereocenters. The average Bonchev–Trinajstić information content (AvgIpc) is 2.20. The van der Waals surface area contributed by atoms with Crippen molar-refractivity contribution < 1.29 is 8.42 Å². The molecule has 0 aliphatic heterocycles. The summed E-state index contributed by atoms with van der Waals surface area (Å²) in [5.41, 5.74) is 7.94. The van der Waals surface area contributed by atoms with Crippen LogP contribution in [0.5, 0.6) is 0 Å². The van der Waals surface area contributed by atoms with E-state index in [4.69, 9.17) is 5.73 Å². The third kappa shape index (κ3) is 4.51. The van der Waals surface area contributed by atoms with Crippen molar-refractivity contribution in [2.45, 2.75) is 45.9 Å². The van der Waals surface area contributed by atoms with Crippen LogP contribution in [0.2, 0.25) is 0 Å². The predicted molar refractivity (Wildman–Crippen MR) is 79.6 cm³/mol. The summed E-state index contributed by atoms with van der Waals surface area (Å²) in [5.74, 6) is 0. The summed E-state index contributed by atoms with van der Waals surface area (Å²) in [6, 6.07) is 3.30. The van der Waals surface area contributed by atoms with Gasteiger partial charge in [-0.3, -0.25) is 0 Å². The number of aryl methyl sites for hydroxylation is 1. The first kappa shape index (κ1) is 16.0. The molecule has 1 aromatic rings. The van der Waals surface area contributed by atoms with E-state index in [0.717, 1.165) is 17.5 Å². The number of hydrogen-bond donors (Lipinski definition) is 2. The zero-order chi connectivity index (χ0) is 14.8. The highest BCUT2D eigenvalue weighted by molar-refractivity contribution is 7.89. The molecule has 0 saturated carbocycles. The lowest BCUT2D eigenvalue weighted by molar-refractivity contribution is 0.378. The Balaban J connectivity index is 2.95. The van der Waals surface area contributed by atoms with E-state index in [0.29, 0.717) is 12.2 Å². The third-order valence-corrected chi connectivity index (χ3v) is 4.69. The second-order valence-corrected chi connectivity index (χ2v) is 7.90. The Morgan fingerprint density at radius 1 is 1.21 bits per heavy atom. The second-order valence-electron chi connectivity index (χ2n) is 6.17. The number of sulfonamides is 1. The van der Waals surface area contributed by atoms with Crippen molar-refractivity contribution in [3.8, 4) is 0 Å². The number of rotatable bonds is 4. The fourth-order valence-corrected chi connectivity index (χ4v) is 3.15. The Bertz CT molecular complexity index is 558. The quantitative estimate of drug-likeness (QED) is 0.835. The van der Waals surface area contributed by atoms with Crippen molar-refractivity contribution in [3.05, 3.63) is 23.3 Å². The number of nitrogen functional groups attached to an aromatic ring is 1. The summed E-state index contributed by atoms with van der Waals surface area (Å²) < 4.78 is 27.2. The van der Waals surface area contributed by atoms with Crippen LogP contribution in [-0.2, 0) is 10.0 Å². The predicted octanol–water partition coefficient (Wildman–Crippen LogP) is 2.60. The molecule has 19 heavy (non-hydrogen) atoms. The molecule has 3 N–H and O–H groups in total. The maximum Gasteiger partial charge on any atom is 0.240 e.